The molecule has 6 nitrogen and oxygen atoms in total. The molecule has 0 amide bonds. The molecule has 7 heteroatoms. The molecule has 1 aliphatic rings. The third-order valence-corrected chi connectivity index (χ3v) is 4.88. The summed E-state index contributed by atoms with van der Waals surface area (Å²) in [5.41, 5.74) is 3.45. The number of nitro groups is 1. The summed E-state index contributed by atoms with van der Waals surface area (Å²) >= 11 is 5.49. The first-order valence-electron chi connectivity index (χ1n) is 8.59. The van der Waals surface area contributed by atoms with Crippen LogP contribution in [-0.2, 0) is 6.54 Å². The topological polar surface area (TPSA) is 61.6 Å². The highest BCUT2D eigenvalue weighted by molar-refractivity contribution is 7.80. The number of nitrogens with zero attached hydrogens (tertiary/aromatic N) is 3. The average Bonchev–Trinajstić information content (AvgIpc) is 2.64. The molecule has 1 aliphatic heterocycles. The van der Waals surface area contributed by atoms with E-state index in [1.54, 1.807) is 12.1 Å². The van der Waals surface area contributed by atoms with Gasteiger partial charge in [-0.15, -0.1) is 0 Å². The van der Waals surface area contributed by atoms with E-state index < -0.39 is 4.92 Å². The summed E-state index contributed by atoms with van der Waals surface area (Å²) < 4.78 is 0. The van der Waals surface area contributed by atoms with Crippen LogP contribution in [0.1, 0.15) is 11.1 Å². The van der Waals surface area contributed by atoms with Gasteiger partial charge in [-0.25, -0.2) is 0 Å². The number of nitro benzene ring substituents is 1. The van der Waals surface area contributed by atoms with Crippen LogP contribution in [0.4, 0.5) is 11.4 Å². The van der Waals surface area contributed by atoms with Crippen molar-refractivity contribution < 1.29 is 4.92 Å². The van der Waals surface area contributed by atoms with E-state index in [1.165, 1.54) is 23.3 Å². The van der Waals surface area contributed by atoms with Crippen molar-refractivity contribution in [2.24, 2.45) is 0 Å². The maximum Gasteiger partial charge on any atom is 0.269 e. The molecule has 0 unspecified atom stereocenters. The standard InChI is InChI=1S/C19H22N4O2S/c1-15-2-4-16(5-3-15)14-21-10-12-22(13-11-21)19(26)20-17-6-8-18(9-7-17)23(24)25/h2-9H,10-14H2,1H3,(H,20,26). The number of aryl methyl sites for hydroxylation is 1. The predicted octanol–water partition coefficient (Wildman–Crippen LogP) is 3.42. The zero-order valence-corrected chi connectivity index (χ0v) is 15.5. The number of anilines is 1. The fourth-order valence-electron chi connectivity index (χ4n) is 2.93. The van der Waals surface area contributed by atoms with Gasteiger partial charge in [0.2, 0.25) is 0 Å². The van der Waals surface area contributed by atoms with Crippen LogP contribution >= 0.6 is 12.2 Å². The summed E-state index contributed by atoms with van der Waals surface area (Å²) in [4.78, 5) is 14.9. The molecule has 26 heavy (non-hydrogen) atoms. The number of benzene rings is 2. The third kappa shape index (κ3) is 4.77. The molecule has 0 spiro atoms. The maximum absolute atomic E-state index is 10.7. The smallest absolute Gasteiger partial charge is 0.269 e. The van der Waals surface area contributed by atoms with Gasteiger partial charge in [0.15, 0.2) is 5.11 Å². The summed E-state index contributed by atoms with van der Waals surface area (Å²) in [6, 6.07) is 15.0. The van der Waals surface area contributed by atoms with Gasteiger partial charge in [-0.2, -0.15) is 0 Å². The molecule has 0 atom stereocenters. The van der Waals surface area contributed by atoms with Gasteiger partial charge in [-0.3, -0.25) is 15.0 Å². The Morgan fingerprint density at radius 3 is 2.27 bits per heavy atom. The Labute approximate surface area is 158 Å². The lowest BCUT2D eigenvalue weighted by Crippen LogP contribution is -2.49. The minimum Gasteiger partial charge on any atom is -0.346 e. The molecule has 2 aromatic carbocycles. The Morgan fingerprint density at radius 1 is 1.08 bits per heavy atom. The van der Waals surface area contributed by atoms with E-state index in [0.717, 1.165) is 38.4 Å². The van der Waals surface area contributed by atoms with E-state index in [0.29, 0.717) is 5.11 Å². The molecule has 2 aromatic rings. The fourth-order valence-corrected chi connectivity index (χ4v) is 3.23. The van der Waals surface area contributed by atoms with Crippen molar-refractivity contribution in [1.82, 2.24) is 9.80 Å². The van der Waals surface area contributed by atoms with Crippen molar-refractivity contribution in [2.75, 3.05) is 31.5 Å². The number of thiocarbonyl (C=S) groups is 1. The SMILES string of the molecule is Cc1ccc(CN2CCN(C(=S)Nc3ccc([N+](=O)[O-])cc3)CC2)cc1. The predicted molar refractivity (Wildman–Crippen MR) is 107 cm³/mol. The molecule has 1 N–H and O–H groups in total. The summed E-state index contributed by atoms with van der Waals surface area (Å²) in [6.07, 6.45) is 0. The summed E-state index contributed by atoms with van der Waals surface area (Å²) in [5.74, 6) is 0. The van der Waals surface area contributed by atoms with E-state index >= 15 is 0 Å². The number of rotatable bonds is 4. The van der Waals surface area contributed by atoms with E-state index in [1.807, 2.05) is 0 Å². The molecule has 1 saturated heterocycles. The van der Waals surface area contributed by atoms with Crippen LogP contribution in [0.15, 0.2) is 48.5 Å². The van der Waals surface area contributed by atoms with Crippen molar-refractivity contribution >= 4 is 28.7 Å². The van der Waals surface area contributed by atoms with E-state index in [-0.39, 0.29) is 5.69 Å². The lowest BCUT2D eigenvalue weighted by molar-refractivity contribution is -0.384. The van der Waals surface area contributed by atoms with Crippen molar-refractivity contribution in [1.29, 1.82) is 0 Å². The highest BCUT2D eigenvalue weighted by Gasteiger charge is 2.19. The van der Waals surface area contributed by atoms with Gasteiger partial charge in [0, 0.05) is 50.5 Å². The van der Waals surface area contributed by atoms with Crippen molar-refractivity contribution in [2.45, 2.75) is 13.5 Å². The van der Waals surface area contributed by atoms with Gasteiger partial charge < -0.3 is 10.2 Å². The second-order valence-corrected chi connectivity index (χ2v) is 6.87. The van der Waals surface area contributed by atoms with Crippen molar-refractivity contribution in [3.8, 4) is 0 Å². The Balaban J connectivity index is 1.48. The van der Waals surface area contributed by atoms with Crippen LogP contribution in [0.5, 0.6) is 0 Å². The van der Waals surface area contributed by atoms with Gasteiger partial charge in [0.1, 0.15) is 0 Å². The van der Waals surface area contributed by atoms with Crippen LogP contribution in [0.2, 0.25) is 0 Å². The second kappa shape index (κ2) is 8.25. The molecule has 0 aromatic heterocycles. The molecule has 0 aliphatic carbocycles. The van der Waals surface area contributed by atoms with Gasteiger partial charge in [0.25, 0.3) is 5.69 Å². The zero-order chi connectivity index (χ0) is 18.5. The molecule has 1 heterocycles. The lowest BCUT2D eigenvalue weighted by Gasteiger charge is -2.36. The lowest BCUT2D eigenvalue weighted by atomic mass is 10.1. The zero-order valence-electron chi connectivity index (χ0n) is 14.7. The molecule has 0 saturated carbocycles. The van der Waals surface area contributed by atoms with Crippen LogP contribution in [0, 0.1) is 17.0 Å². The van der Waals surface area contributed by atoms with Crippen LogP contribution in [0.3, 0.4) is 0 Å². The molecule has 1 fully saturated rings. The Kier molecular flexibility index (Phi) is 5.80. The quantitative estimate of drug-likeness (QED) is 0.506. The van der Waals surface area contributed by atoms with Crippen LogP contribution < -0.4 is 5.32 Å². The number of hydrogen-bond donors (Lipinski definition) is 1. The number of nitrogens with one attached hydrogen (secondary N) is 1. The number of non-ortho nitro benzene ring substituents is 1. The molecule has 3 rings (SSSR count). The Bertz CT molecular complexity index is 769. The Hall–Kier alpha value is -2.51. The normalized spacial score (nSPS) is 14.9. The minimum atomic E-state index is -0.407. The van der Waals surface area contributed by atoms with Gasteiger partial charge in [-0.05, 0) is 36.8 Å². The highest BCUT2D eigenvalue weighted by Crippen LogP contribution is 2.16. The summed E-state index contributed by atoms with van der Waals surface area (Å²) in [5, 5.41) is 14.5. The van der Waals surface area contributed by atoms with Gasteiger partial charge in [0.05, 0.1) is 4.92 Å². The Morgan fingerprint density at radius 2 is 1.69 bits per heavy atom. The second-order valence-electron chi connectivity index (χ2n) is 6.48. The maximum atomic E-state index is 10.7. The first-order valence-corrected chi connectivity index (χ1v) is 9.00. The fraction of sp³-hybridized carbons (Fsp3) is 0.316. The van der Waals surface area contributed by atoms with Crippen LogP contribution in [0.25, 0.3) is 0 Å². The van der Waals surface area contributed by atoms with Crippen molar-refractivity contribution in [3.05, 3.63) is 69.8 Å². The summed E-state index contributed by atoms with van der Waals surface area (Å²) in [7, 11) is 0. The van der Waals surface area contributed by atoms with E-state index in [4.69, 9.17) is 12.2 Å². The van der Waals surface area contributed by atoms with Crippen LogP contribution in [-0.4, -0.2) is 46.0 Å². The molecular weight excluding hydrogens is 348 g/mol. The first kappa shape index (κ1) is 18.3. The van der Waals surface area contributed by atoms with Gasteiger partial charge >= 0.3 is 0 Å². The third-order valence-electron chi connectivity index (χ3n) is 4.52. The largest absolute Gasteiger partial charge is 0.346 e. The number of piperazine rings is 1. The average molecular weight is 370 g/mol. The monoisotopic (exact) mass is 370 g/mol. The molecular formula is C19H22N4O2S. The molecule has 0 radical (unpaired) electrons. The molecule has 0 bridgehead atoms. The van der Waals surface area contributed by atoms with E-state index in [2.05, 4.69) is 46.3 Å². The van der Waals surface area contributed by atoms with E-state index in [9.17, 15) is 10.1 Å². The number of hydrogen-bond acceptors (Lipinski definition) is 4. The van der Waals surface area contributed by atoms with Gasteiger partial charge in [-0.1, -0.05) is 29.8 Å². The molecule has 136 valence electrons. The highest BCUT2D eigenvalue weighted by atomic mass is 32.1. The van der Waals surface area contributed by atoms with Crippen molar-refractivity contribution in [3.63, 3.8) is 0 Å². The first-order chi connectivity index (χ1) is 12.5. The minimum absolute atomic E-state index is 0.0752. The summed E-state index contributed by atoms with van der Waals surface area (Å²) in [6.45, 7) is 6.69.